The first-order chi connectivity index (χ1) is 13.5. The lowest BCUT2D eigenvalue weighted by molar-refractivity contribution is -0.150. The molecule has 2 aromatic carbocycles. The number of fused-ring (bicyclic) bond motifs is 2. The van der Waals surface area contributed by atoms with Gasteiger partial charge in [0, 0.05) is 22.1 Å². The van der Waals surface area contributed by atoms with E-state index in [1.54, 1.807) is 36.4 Å². The molecule has 2 fully saturated rings. The minimum absolute atomic E-state index is 0.0128. The highest BCUT2D eigenvalue weighted by molar-refractivity contribution is 6.30. The van der Waals surface area contributed by atoms with Crippen LogP contribution < -0.4 is 0 Å². The van der Waals surface area contributed by atoms with E-state index in [-0.39, 0.29) is 35.9 Å². The van der Waals surface area contributed by atoms with Crippen molar-refractivity contribution >= 4 is 29.1 Å². The Bertz CT molecular complexity index is 891. The molecule has 0 N–H and O–H groups in total. The summed E-state index contributed by atoms with van der Waals surface area (Å²) in [6.07, 6.45) is 2.80. The van der Waals surface area contributed by atoms with Crippen molar-refractivity contribution in [2.75, 3.05) is 6.61 Å². The molecule has 0 aromatic heterocycles. The highest BCUT2D eigenvalue weighted by atomic mass is 35.5. The van der Waals surface area contributed by atoms with E-state index in [0.29, 0.717) is 16.1 Å². The monoisotopic (exact) mass is 396 g/mol. The highest BCUT2D eigenvalue weighted by Gasteiger charge is 2.54. The molecule has 4 atom stereocenters. The van der Waals surface area contributed by atoms with Crippen molar-refractivity contribution in [2.24, 2.45) is 23.7 Å². The maximum Gasteiger partial charge on any atom is 0.310 e. The van der Waals surface area contributed by atoms with Crippen LogP contribution in [0.1, 0.15) is 40.0 Å². The van der Waals surface area contributed by atoms with Crippen molar-refractivity contribution in [3.05, 3.63) is 70.7 Å². The Labute approximate surface area is 168 Å². The molecule has 0 radical (unpaired) electrons. The van der Waals surface area contributed by atoms with E-state index < -0.39 is 11.9 Å². The number of halogens is 1. The fourth-order valence-electron chi connectivity index (χ4n) is 4.75. The van der Waals surface area contributed by atoms with Crippen molar-refractivity contribution < 1.29 is 19.1 Å². The smallest absolute Gasteiger partial charge is 0.310 e. The van der Waals surface area contributed by atoms with Crippen molar-refractivity contribution in [3.8, 4) is 0 Å². The van der Waals surface area contributed by atoms with Crippen LogP contribution in [0.4, 0.5) is 0 Å². The number of esters is 1. The van der Waals surface area contributed by atoms with Crippen LogP contribution in [0.5, 0.6) is 0 Å². The molecule has 0 spiro atoms. The second kappa shape index (κ2) is 7.88. The quantitative estimate of drug-likeness (QED) is 0.528. The van der Waals surface area contributed by atoms with Crippen LogP contribution in [-0.4, -0.2) is 24.1 Å². The fourth-order valence-corrected chi connectivity index (χ4v) is 4.88. The Morgan fingerprint density at radius 2 is 1.50 bits per heavy atom. The third kappa shape index (κ3) is 3.61. The maximum absolute atomic E-state index is 13.1. The lowest BCUT2D eigenvalue weighted by Crippen LogP contribution is -2.36. The summed E-state index contributed by atoms with van der Waals surface area (Å²) in [6.45, 7) is -0.319. The number of hydrogen-bond acceptors (Lipinski definition) is 4. The van der Waals surface area contributed by atoms with Crippen LogP contribution in [0.2, 0.25) is 5.02 Å². The number of carbonyl (C=O) groups excluding carboxylic acids is 3. The summed E-state index contributed by atoms with van der Waals surface area (Å²) in [4.78, 5) is 38.2. The predicted molar refractivity (Wildman–Crippen MR) is 105 cm³/mol. The zero-order chi connectivity index (χ0) is 19.7. The van der Waals surface area contributed by atoms with Gasteiger partial charge in [-0.05, 0) is 55.4 Å². The highest BCUT2D eigenvalue weighted by Crippen LogP contribution is 2.53. The average Bonchev–Trinajstić information content (AvgIpc) is 3.34. The van der Waals surface area contributed by atoms with E-state index in [9.17, 15) is 14.4 Å². The number of benzene rings is 2. The van der Waals surface area contributed by atoms with E-state index in [2.05, 4.69) is 0 Å². The maximum atomic E-state index is 13.1. The lowest BCUT2D eigenvalue weighted by atomic mass is 9.75. The molecule has 2 aromatic rings. The van der Waals surface area contributed by atoms with Crippen LogP contribution in [0.25, 0.3) is 0 Å². The molecule has 144 valence electrons. The summed E-state index contributed by atoms with van der Waals surface area (Å²) in [5, 5.41) is 0.540. The average molecular weight is 397 g/mol. The molecule has 0 unspecified atom stereocenters. The predicted octanol–water partition coefficient (Wildman–Crippen LogP) is 4.61. The molecule has 4 rings (SSSR count). The number of ketones is 2. The summed E-state index contributed by atoms with van der Waals surface area (Å²) < 4.78 is 5.37. The first-order valence-electron chi connectivity index (χ1n) is 9.59. The standard InChI is InChI=1S/C23H21ClO4/c24-18-10-8-14(9-11-18)19(25)13-28-23(27)21-17-7-6-16(12-17)20(21)22(26)15-4-2-1-3-5-15/h1-5,8-11,16-17,20-21H,6-7,12-13H2/t16-,17+,20-,21+/m1/s1. The molecule has 2 bridgehead atoms. The Morgan fingerprint density at radius 1 is 0.857 bits per heavy atom. The molecule has 0 saturated heterocycles. The lowest BCUT2D eigenvalue weighted by Gasteiger charge is -2.28. The number of Topliss-reactive ketones (excluding diaryl/α,β-unsaturated/α-hetero) is 2. The summed E-state index contributed by atoms with van der Waals surface area (Å²) in [6, 6.07) is 15.6. The third-order valence-electron chi connectivity index (χ3n) is 6.06. The van der Waals surface area contributed by atoms with Crippen LogP contribution in [0.15, 0.2) is 54.6 Å². The first kappa shape index (κ1) is 18.9. The van der Waals surface area contributed by atoms with Crippen LogP contribution in [0, 0.1) is 23.7 Å². The van der Waals surface area contributed by atoms with Crippen LogP contribution in [0.3, 0.4) is 0 Å². The van der Waals surface area contributed by atoms with E-state index in [4.69, 9.17) is 16.3 Å². The molecule has 0 amide bonds. The summed E-state index contributed by atoms with van der Waals surface area (Å²) in [7, 11) is 0. The third-order valence-corrected chi connectivity index (χ3v) is 6.31. The van der Waals surface area contributed by atoms with Gasteiger partial charge in [-0.15, -0.1) is 0 Å². The molecule has 2 aliphatic carbocycles. The minimum Gasteiger partial charge on any atom is -0.457 e. The van der Waals surface area contributed by atoms with Crippen molar-refractivity contribution in [1.29, 1.82) is 0 Å². The van der Waals surface area contributed by atoms with E-state index in [1.807, 2.05) is 18.2 Å². The molecule has 2 aliphatic rings. The molecular weight excluding hydrogens is 376 g/mol. The van der Waals surface area contributed by atoms with Gasteiger partial charge in [-0.1, -0.05) is 41.9 Å². The van der Waals surface area contributed by atoms with Crippen LogP contribution >= 0.6 is 11.6 Å². The minimum atomic E-state index is -0.454. The van der Waals surface area contributed by atoms with Gasteiger partial charge in [0.15, 0.2) is 18.2 Å². The van der Waals surface area contributed by atoms with E-state index in [0.717, 1.165) is 19.3 Å². The Kier molecular flexibility index (Phi) is 5.31. The van der Waals surface area contributed by atoms with Crippen molar-refractivity contribution in [3.63, 3.8) is 0 Å². The molecule has 28 heavy (non-hydrogen) atoms. The second-order valence-electron chi connectivity index (χ2n) is 7.65. The summed E-state index contributed by atoms with van der Waals surface area (Å²) in [5.74, 6) is -1.10. The number of rotatable bonds is 6. The van der Waals surface area contributed by atoms with Gasteiger partial charge in [-0.25, -0.2) is 0 Å². The summed E-state index contributed by atoms with van der Waals surface area (Å²) >= 11 is 5.83. The van der Waals surface area contributed by atoms with Crippen LogP contribution in [-0.2, 0) is 9.53 Å². The first-order valence-corrected chi connectivity index (χ1v) is 9.97. The molecule has 0 heterocycles. The normalized spacial score (nSPS) is 25.5. The van der Waals surface area contributed by atoms with Crippen molar-refractivity contribution in [2.45, 2.75) is 19.3 Å². The van der Waals surface area contributed by atoms with Gasteiger partial charge < -0.3 is 4.74 Å². The summed E-state index contributed by atoms with van der Waals surface area (Å²) in [5.41, 5.74) is 1.08. The Balaban J connectivity index is 1.45. The Hall–Kier alpha value is -2.46. The topological polar surface area (TPSA) is 60.4 Å². The van der Waals surface area contributed by atoms with Crippen molar-refractivity contribution in [1.82, 2.24) is 0 Å². The van der Waals surface area contributed by atoms with Gasteiger partial charge in [-0.3, -0.25) is 14.4 Å². The van der Waals surface area contributed by atoms with E-state index >= 15 is 0 Å². The molecule has 4 nitrogen and oxygen atoms in total. The zero-order valence-corrected chi connectivity index (χ0v) is 16.1. The van der Waals surface area contributed by atoms with Gasteiger partial charge in [0.2, 0.25) is 0 Å². The number of ether oxygens (including phenoxy) is 1. The second-order valence-corrected chi connectivity index (χ2v) is 8.09. The molecule has 5 heteroatoms. The molecule has 0 aliphatic heterocycles. The number of hydrogen-bond donors (Lipinski definition) is 0. The van der Waals surface area contributed by atoms with E-state index in [1.165, 1.54) is 0 Å². The largest absolute Gasteiger partial charge is 0.457 e. The van der Waals surface area contributed by atoms with Gasteiger partial charge in [-0.2, -0.15) is 0 Å². The molecular formula is C23H21ClO4. The van der Waals surface area contributed by atoms with Gasteiger partial charge in [0.1, 0.15) is 0 Å². The van der Waals surface area contributed by atoms with Gasteiger partial charge in [0.05, 0.1) is 5.92 Å². The fraction of sp³-hybridized carbons (Fsp3) is 0.348. The van der Waals surface area contributed by atoms with Gasteiger partial charge >= 0.3 is 5.97 Å². The zero-order valence-electron chi connectivity index (χ0n) is 15.3. The molecule has 2 saturated carbocycles. The number of carbonyl (C=O) groups is 3. The SMILES string of the molecule is O=C(COC(=O)[C@H]1[C@H]2CC[C@H](C2)[C@H]1C(=O)c1ccccc1)c1ccc(Cl)cc1. The van der Waals surface area contributed by atoms with Gasteiger partial charge in [0.25, 0.3) is 0 Å². The Morgan fingerprint density at radius 3 is 2.18 bits per heavy atom.